The van der Waals surface area contributed by atoms with Gasteiger partial charge >= 0.3 is 0 Å². The molecule has 0 amide bonds. The van der Waals surface area contributed by atoms with Crippen molar-refractivity contribution in [3.8, 4) is 0 Å². The van der Waals surface area contributed by atoms with Crippen LogP contribution in [0, 0.1) is 10.8 Å². The van der Waals surface area contributed by atoms with E-state index in [1.54, 1.807) is 0 Å². The fraction of sp³-hybridized carbons (Fsp3) is 1.00. The summed E-state index contributed by atoms with van der Waals surface area (Å²) >= 11 is 0. The molecule has 0 aromatic carbocycles. The third-order valence-electron chi connectivity index (χ3n) is 3.06. The summed E-state index contributed by atoms with van der Waals surface area (Å²) in [5, 5.41) is 3.08. The molecule has 4 atom stereocenters. The largest absolute Gasteiger partial charge is 0.348 e. The summed E-state index contributed by atoms with van der Waals surface area (Å²) in [6, 6.07) is -0.159. The number of nitroso groups, excluding NO2 is 1. The van der Waals surface area contributed by atoms with Crippen molar-refractivity contribution in [2.45, 2.75) is 57.6 Å². The van der Waals surface area contributed by atoms with Gasteiger partial charge in [-0.2, -0.15) is 4.91 Å². The topological polar surface area (TPSA) is 47.9 Å². The molecule has 1 saturated heterocycles. The maximum Gasteiger partial charge on any atom is 0.163 e. The lowest BCUT2D eigenvalue weighted by Gasteiger charge is -2.40. The van der Waals surface area contributed by atoms with Crippen molar-refractivity contribution < 1.29 is 9.47 Å². The van der Waals surface area contributed by atoms with E-state index in [2.05, 4.69) is 12.1 Å². The summed E-state index contributed by atoms with van der Waals surface area (Å²) in [5.41, 5.74) is 0. The van der Waals surface area contributed by atoms with Crippen molar-refractivity contribution in [2.24, 2.45) is 11.1 Å². The first-order chi connectivity index (χ1) is 6.52. The highest BCUT2D eigenvalue weighted by molar-refractivity contribution is 4.98. The molecule has 1 heterocycles. The Hall–Kier alpha value is -0.480. The van der Waals surface area contributed by atoms with E-state index in [0.29, 0.717) is 5.92 Å². The molecule has 2 rings (SSSR count). The molecule has 2 fully saturated rings. The van der Waals surface area contributed by atoms with E-state index < -0.39 is 5.79 Å². The normalized spacial score (nSPS) is 45.9. The molecule has 0 spiro atoms. The SMILES string of the molecule is CC1C[C@@H]2CC(N=O)C2OC(C)(C)O1. The molecule has 1 aliphatic heterocycles. The van der Waals surface area contributed by atoms with Crippen molar-refractivity contribution in [1.29, 1.82) is 0 Å². The standard InChI is InChI=1S/C10H17NO3/c1-6-4-7-5-8(11-12)9(7)14-10(2,3)13-6/h6-9H,4-5H2,1-3H3/t6?,7-,8?,9?/m1/s1. The first kappa shape index (κ1) is 10.1. The Balaban J connectivity index is 2.09. The third kappa shape index (κ3) is 1.68. The van der Waals surface area contributed by atoms with E-state index >= 15 is 0 Å². The molecule has 2 aliphatic rings. The van der Waals surface area contributed by atoms with Crippen LogP contribution in [0.4, 0.5) is 0 Å². The number of ether oxygens (including phenoxy) is 2. The Morgan fingerprint density at radius 1 is 1.29 bits per heavy atom. The van der Waals surface area contributed by atoms with Crippen LogP contribution in [0.5, 0.6) is 0 Å². The Morgan fingerprint density at radius 2 is 2.00 bits per heavy atom. The smallest absolute Gasteiger partial charge is 0.163 e. The van der Waals surface area contributed by atoms with Crippen LogP contribution in [-0.4, -0.2) is 24.0 Å². The molecule has 1 saturated carbocycles. The molecule has 0 aromatic heterocycles. The van der Waals surface area contributed by atoms with Gasteiger partial charge in [0, 0.05) is 0 Å². The van der Waals surface area contributed by atoms with Crippen molar-refractivity contribution in [2.75, 3.05) is 0 Å². The number of fused-ring (bicyclic) bond motifs is 1. The van der Waals surface area contributed by atoms with E-state index in [-0.39, 0.29) is 18.2 Å². The maximum atomic E-state index is 10.5. The molecule has 14 heavy (non-hydrogen) atoms. The van der Waals surface area contributed by atoms with Gasteiger partial charge in [-0.05, 0) is 39.5 Å². The highest BCUT2D eigenvalue weighted by atomic mass is 16.7. The second-order valence-electron chi connectivity index (χ2n) is 4.82. The van der Waals surface area contributed by atoms with Gasteiger partial charge in [0.25, 0.3) is 0 Å². The molecule has 4 heteroatoms. The quantitative estimate of drug-likeness (QED) is 0.607. The van der Waals surface area contributed by atoms with E-state index in [1.165, 1.54) is 0 Å². The van der Waals surface area contributed by atoms with Crippen molar-refractivity contribution in [1.82, 2.24) is 0 Å². The van der Waals surface area contributed by atoms with E-state index in [4.69, 9.17) is 9.47 Å². The fourth-order valence-corrected chi connectivity index (χ4v) is 2.52. The molecule has 3 unspecified atom stereocenters. The predicted molar refractivity (Wildman–Crippen MR) is 51.8 cm³/mol. The van der Waals surface area contributed by atoms with E-state index in [1.807, 2.05) is 13.8 Å². The minimum Gasteiger partial charge on any atom is -0.348 e. The van der Waals surface area contributed by atoms with E-state index in [0.717, 1.165) is 12.8 Å². The lowest BCUT2D eigenvalue weighted by atomic mass is 9.74. The van der Waals surface area contributed by atoms with Crippen molar-refractivity contribution in [3.63, 3.8) is 0 Å². The van der Waals surface area contributed by atoms with Gasteiger partial charge in [0.05, 0.1) is 12.2 Å². The summed E-state index contributed by atoms with van der Waals surface area (Å²) in [7, 11) is 0. The summed E-state index contributed by atoms with van der Waals surface area (Å²) in [5.74, 6) is -0.128. The van der Waals surface area contributed by atoms with Crippen LogP contribution in [0.15, 0.2) is 5.18 Å². The van der Waals surface area contributed by atoms with Gasteiger partial charge in [0.1, 0.15) is 6.04 Å². The molecule has 0 aromatic rings. The second-order valence-corrected chi connectivity index (χ2v) is 4.82. The lowest BCUT2D eigenvalue weighted by Crippen LogP contribution is -2.49. The molecule has 0 radical (unpaired) electrons. The maximum absolute atomic E-state index is 10.5. The third-order valence-corrected chi connectivity index (χ3v) is 3.06. The molecule has 80 valence electrons. The molecule has 1 aliphatic carbocycles. The zero-order valence-corrected chi connectivity index (χ0v) is 8.90. The van der Waals surface area contributed by atoms with Gasteiger partial charge in [0.2, 0.25) is 0 Å². The Kier molecular flexibility index (Phi) is 2.35. The Labute approximate surface area is 83.9 Å². The molecule has 4 nitrogen and oxygen atoms in total. The zero-order chi connectivity index (χ0) is 10.3. The number of rotatable bonds is 1. The highest BCUT2D eigenvalue weighted by Gasteiger charge is 2.49. The predicted octanol–water partition coefficient (Wildman–Crippen LogP) is 2.07. The second kappa shape index (κ2) is 3.28. The van der Waals surface area contributed by atoms with Gasteiger partial charge in [0.15, 0.2) is 5.79 Å². The average Bonchev–Trinajstić information content (AvgIpc) is 2.13. The lowest BCUT2D eigenvalue weighted by molar-refractivity contribution is -0.253. The van der Waals surface area contributed by atoms with Crippen LogP contribution in [0.3, 0.4) is 0 Å². The first-order valence-corrected chi connectivity index (χ1v) is 5.20. The van der Waals surface area contributed by atoms with Crippen LogP contribution < -0.4 is 0 Å². The van der Waals surface area contributed by atoms with Gasteiger partial charge in [-0.15, -0.1) is 0 Å². The molecule has 0 bridgehead atoms. The van der Waals surface area contributed by atoms with Gasteiger partial charge in [-0.25, -0.2) is 0 Å². The Morgan fingerprint density at radius 3 is 2.64 bits per heavy atom. The van der Waals surface area contributed by atoms with Crippen LogP contribution in [-0.2, 0) is 9.47 Å². The van der Waals surface area contributed by atoms with Gasteiger partial charge < -0.3 is 9.47 Å². The summed E-state index contributed by atoms with van der Waals surface area (Å²) in [4.78, 5) is 10.5. The van der Waals surface area contributed by atoms with Gasteiger partial charge in [-0.1, -0.05) is 5.18 Å². The average molecular weight is 199 g/mol. The molecular formula is C10H17NO3. The number of hydrogen-bond acceptors (Lipinski definition) is 4. The Bertz CT molecular complexity index is 242. The summed E-state index contributed by atoms with van der Waals surface area (Å²) in [6.45, 7) is 5.84. The summed E-state index contributed by atoms with van der Waals surface area (Å²) in [6.07, 6.45) is 2.01. The summed E-state index contributed by atoms with van der Waals surface area (Å²) < 4.78 is 11.5. The first-order valence-electron chi connectivity index (χ1n) is 5.20. The molecular weight excluding hydrogens is 182 g/mol. The van der Waals surface area contributed by atoms with Crippen LogP contribution >= 0.6 is 0 Å². The minimum absolute atomic E-state index is 0.0209. The number of hydrogen-bond donors (Lipinski definition) is 0. The fourth-order valence-electron chi connectivity index (χ4n) is 2.52. The van der Waals surface area contributed by atoms with Crippen LogP contribution in [0.2, 0.25) is 0 Å². The highest BCUT2D eigenvalue weighted by Crippen LogP contribution is 2.42. The van der Waals surface area contributed by atoms with Crippen LogP contribution in [0.25, 0.3) is 0 Å². The van der Waals surface area contributed by atoms with Crippen molar-refractivity contribution in [3.05, 3.63) is 4.91 Å². The zero-order valence-electron chi connectivity index (χ0n) is 8.90. The van der Waals surface area contributed by atoms with Crippen LogP contribution in [0.1, 0.15) is 33.6 Å². The van der Waals surface area contributed by atoms with Gasteiger partial charge in [-0.3, -0.25) is 0 Å². The monoisotopic (exact) mass is 199 g/mol. The number of nitrogens with zero attached hydrogens (tertiary/aromatic N) is 1. The minimum atomic E-state index is -0.581. The van der Waals surface area contributed by atoms with E-state index in [9.17, 15) is 4.91 Å². The molecule has 0 N–H and O–H groups in total. The van der Waals surface area contributed by atoms with Crippen molar-refractivity contribution >= 4 is 0 Å².